The minimum absolute atomic E-state index is 0.0425. The van der Waals surface area contributed by atoms with Gasteiger partial charge in [-0.05, 0) is 49.2 Å². The summed E-state index contributed by atoms with van der Waals surface area (Å²) in [5, 5.41) is 0. The molecule has 0 bridgehead atoms. The van der Waals surface area contributed by atoms with E-state index in [1.54, 1.807) is 18.2 Å². The van der Waals surface area contributed by atoms with Gasteiger partial charge in [-0.25, -0.2) is 0 Å². The van der Waals surface area contributed by atoms with Crippen molar-refractivity contribution in [2.75, 3.05) is 13.2 Å². The lowest BCUT2D eigenvalue weighted by atomic mass is 10.1. The van der Waals surface area contributed by atoms with E-state index >= 15 is 0 Å². The van der Waals surface area contributed by atoms with E-state index in [1.807, 2.05) is 19.9 Å². The fourth-order valence-corrected chi connectivity index (χ4v) is 3.39. The lowest BCUT2D eigenvalue weighted by Crippen LogP contribution is -2.10. The number of rotatable bonds is 3. The zero-order valence-electron chi connectivity index (χ0n) is 13.0. The van der Waals surface area contributed by atoms with E-state index in [2.05, 4.69) is 0 Å². The van der Waals surface area contributed by atoms with Gasteiger partial charge >= 0.3 is 10.1 Å². The first-order valence-electron chi connectivity index (χ1n) is 7.36. The monoisotopic (exact) mass is 334 g/mol. The van der Waals surface area contributed by atoms with Crippen molar-refractivity contribution in [1.29, 1.82) is 0 Å². The fraction of sp³-hybridized carbons (Fsp3) is 0.294. The summed E-state index contributed by atoms with van der Waals surface area (Å²) < 4.78 is 41.2. The molecular weight excluding hydrogens is 316 g/mol. The van der Waals surface area contributed by atoms with E-state index < -0.39 is 10.1 Å². The van der Waals surface area contributed by atoms with Crippen LogP contribution in [0.2, 0.25) is 0 Å². The molecule has 0 radical (unpaired) electrons. The van der Waals surface area contributed by atoms with Crippen molar-refractivity contribution < 1.29 is 22.1 Å². The standard InChI is InChI=1S/C17H18O5S/c1-12-8-13(2)10-14(9-12)22-23(18,19)15-4-5-16-17(11-15)21-7-3-6-20-16/h4-5,8-11H,3,6-7H2,1-2H3. The second-order valence-electron chi connectivity index (χ2n) is 5.52. The zero-order valence-corrected chi connectivity index (χ0v) is 13.9. The smallest absolute Gasteiger partial charge is 0.339 e. The molecule has 0 fully saturated rings. The molecule has 0 amide bonds. The molecule has 2 aromatic carbocycles. The largest absolute Gasteiger partial charge is 0.490 e. The van der Waals surface area contributed by atoms with Crippen LogP contribution in [-0.2, 0) is 10.1 Å². The van der Waals surface area contributed by atoms with E-state index in [0.717, 1.165) is 17.5 Å². The Labute approximate surface area is 135 Å². The van der Waals surface area contributed by atoms with Crippen molar-refractivity contribution >= 4 is 10.1 Å². The molecule has 1 aliphatic heterocycles. The molecular formula is C17H18O5S. The number of hydrogen-bond acceptors (Lipinski definition) is 5. The van der Waals surface area contributed by atoms with Crippen LogP contribution in [0.4, 0.5) is 0 Å². The van der Waals surface area contributed by atoms with Crippen molar-refractivity contribution in [2.24, 2.45) is 0 Å². The molecule has 1 aliphatic rings. The fourth-order valence-electron chi connectivity index (χ4n) is 2.45. The predicted octanol–water partition coefficient (Wildman–Crippen LogP) is 3.23. The van der Waals surface area contributed by atoms with Gasteiger partial charge in [0.2, 0.25) is 0 Å². The van der Waals surface area contributed by atoms with Crippen molar-refractivity contribution in [2.45, 2.75) is 25.2 Å². The van der Waals surface area contributed by atoms with Gasteiger partial charge in [-0.2, -0.15) is 8.42 Å². The van der Waals surface area contributed by atoms with Gasteiger partial charge in [0.1, 0.15) is 10.6 Å². The highest BCUT2D eigenvalue weighted by molar-refractivity contribution is 7.87. The van der Waals surface area contributed by atoms with Gasteiger partial charge < -0.3 is 13.7 Å². The van der Waals surface area contributed by atoms with Crippen LogP contribution in [0.1, 0.15) is 17.5 Å². The molecule has 0 saturated heterocycles. The number of ether oxygens (including phenoxy) is 2. The SMILES string of the molecule is Cc1cc(C)cc(OS(=O)(=O)c2ccc3c(c2)OCCCO3)c1. The second-order valence-corrected chi connectivity index (χ2v) is 7.07. The minimum Gasteiger partial charge on any atom is -0.490 e. The number of benzene rings is 2. The van der Waals surface area contributed by atoms with Gasteiger partial charge in [0.25, 0.3) is 0 Å². The van der Waals surface area contributed by atoms with E-state index in [4.69, 9.17) is 13.7 Å². The Morgan fingerprint density at radius 1 is 0.913 bits per heavy atom. The van der Waals surface area contributed by atoms with Crippen LogP contribution < -0.4 is 13.7 Å². The number of hydrogen-bond donors (Lipinski definition) is 0. The number of aryl methyl sites for hydroxylation is 2. The average molecular weight is 334 g/mol. The highest BCUT2D eigenvalue weighted by Crippen LogP contribution is 2.33. The normalized spacial score (nSPS) is 14.2. The lowest BCUT2D eigenvalue weighted by molar-refractivity contribution is 0.296. The molecule has 0 aliphatic carbocycles. The van der Waals surface area contributed by atoms with Gasteiger partial charge in [-0.15, -0.1) is 0 Å². The van der Waals surface area contributed by atoms with E-state index in [-0.39, 0.29) is 4.90 Å². The summed E-state index contributed by atoms with van der Waals surface area (Å²) in [6.07, 6.45) is 0.760. The van der Waals surface area contributed by atoms with Crippen LogP contribution in [0.25, 0.3) is 0 Å². The Hall–Kier alpha value is -2.21. The molecule has 0 saturated carbocycles. The van der Waals surface area contributed by atoms with Crippen LogP contribution in [0.3, 0.4) is 0 Å². The molecule has 2 aromatic rings. The third-order valence-corrected chi connectivity index (χ3v) is 4.65. The highest BCUT2D eigenvalue weighted by Gasteiger charge is 2.21. The minimum atomic E-state index is -3.93. The zero-order chi connectivity index (χ0) is 16.4. The van der Waals surface area contributed by atoms with Crippen LogP contribution >= 0.6 is 0 Å². The topological polar surface area (TPSA) is 61.8 Å². The summed E-state index contributed by atoms with van der Waals surface area (Å²) in [7, 11) is -3.93. The van der Waals surface area contributed by atoms with Gasteiger partial charge in [0.05, 0.1) is 13.2 Å². The highest BCUT2D eigenvalue weighted by atomic mass is 32.2. The van der Waals surface area contributed by atoms with E-state index in [1.165, 1.54) is 12.1 Å². The maximum absolute atomic E-state index is 12.5. The van der Waals surface area contributed by atoms with Crippen LogP contribution in [0, 0.1) is 13.8 Å². The van der Waals surface area contributed by atoms with Crippen molar-refractivity contribution in [3.8, 4) is 17.2 Å². The van der Waals surface area contributed by atoms with Crippen molar-refractivity contribution in [3.63, 3.8) is 0 Å². The Morgan fingerprint density at radius 2 is 1.57 bits per heavy atom. The predicted molar refractivity (Wildman–Crippen MR) is 85.8 cm³/mol. The first kappa shape index (κ1) is 15.7. The van der Waals surface area contributed by atoms with Gasteiger partial charge in [0, 0.05) is 12.5 Å². The summed E-state index contributed by atoms with van der Waals surface area (Å²) in [5.74, 6) is 1.27. The molecule has 5 nitrogen and oxygen atoms in total. The maximum atomic E-state index is 12.5. The Balaban J connectivity index is 1.91. The average Bonchev–Trinajstić information content (AvgIpc) is 2.69. The van der Waals surface area contributed by atoms with E-state index in [0.29, 0.717) is 30.5 Å². The molecule has 0 spiro atoms. The maximum Gasteiger partial charge on any atom is 0.339 e. The van der Waals surface area contributed by atoms with Gasteiger partial charge in [-0.3, -0.25) is 0 Å². The molecule has 0 unspecified atom stereocenters. The van der Waals surface area contributed by atoms with Gasteiger partial charge in [0.15, 0.2) is 11.5 Å². The summed E-state index contributed by atoms with van der Waals surface area (Å²) in [6.45, 7) is 4.83. The van der Waals surface area contributed by atoms with Crippen LogP contribution in [-0.4, -0.2) is 21.6 Å². The molecule has 0 N–H and O–H groups in total. The number of fused-ring (bicyclic) bond motifs is 1. The summed E-state index contributed by atoms with van der Waals surface area (Å²) >= 11 is 0. The summed E-state index contributed by atoms with van der Waals surface area (Å²) in [5.41, 5.74) is 1.88. The summed E-state index contributed by atoms with van der Waals surface area (Å²) in [6, 6.07) is 9.83. The third-order valence-electron chi connectivity index (χ3n) is 3.41. The third kappa shape index (κ3) is 3.59. The summed E-state index contributed by atoms with van der Waals surface area (Å²) in [4.78, 5) is 0.0425. The molecule has 3 rings (SSSR count). The van der Waals surface area contributed by atoms with Crippen molar-refractivity contribution in [3.05, 3.63) is 47.5 Å². The molecule has 23 heavy (non-hydrogen) atoms. The second kappa shape index (κ2) is 6.12. The Kier molecular flexibility index (Phi) is 4.17. The Bertz CT molecular complexity index is 807. The Morgan fingerprint density at radius 3 is 2.26 bits per heavy atom. The molecule has 1 heterocycles. The van der Waals surface area contributed by atoms with E-state index in [9.17, 15) is 8.42 Å². The molecule has 6 heteroatoms. The molecule has 0 aromatic heterocycles. The molecule has 0 atom stereocenters. The lowest BCUT2D eigenvalue weighted by Gasteiger charge is -2.11. The quantitative estimate of drug-likeness (QED) is 0.807. The van der Waals surface area contributed by atoms with Gasteiger partial charge in [-0.1, -0.05) is 6.07 Å². The first-order chi connectivity index (χ1) is 10.9. The first-order valence-corrected chi connectivity index (χ1v) is 8.77. The van der Waals surface area contributed by atoms with Crippen LogP contribution in [0.15, 0.2) is 41.3 Å². The van der Waals surface area contributed by atoms with Crippen molar-refractivity contribution in [1.82, 2.24) is 0 Å². The molecule has 122 valence electrons. The van der Waals surface area contributed by atoms with Crippen LogP contribution in [0.5, 0.6) is 17.2 Å².